The lowest BCUT2D eigenvalue weighted by molar-refractivity contribution is -0.117. The maximum absolute atomic E-state index is 13.1. The number of nitrogens with zero attached hydrogens (tertiary/aromatic N) is 5. The fraction of sp³-hybridized carbons (Fsp3) is 0.344. The number of pyridine rings is 1. The van der Waals surface area contributed by atoms with Gasteiger partial charge in [-0.1, -0.05) is 18.7 Å². The quantitative estimate of drug-likeness (QED) is 0.269. The minimum absolute atomic E-state index is 0.103. The molecule has 2 saturated heterocycles. The highest BCUT2D eigenvalue weighted by Crippen LogP contribution is 2.30. The van der Waals surface area contributed by atoms with Crippen molar-refractivity contribution in [2.45, 2.75) is 44.7 Å². The highest BCUT2D eigenvalue weighted by atomic mass is 16.2. The van der Waals surface area contributed by atoms with Crippen molar-refractivity contribution >= 4 is 34.4 Å². The molecule has 3 N–H and O–H groups in total. The highest BCUT2D eigenvalue weighted by molar-refractivity contribution is 6.03. The Morgan fingerprint density at radius 2 is 1.83 bits per heavy atom. The van der Waals surface area contributed by atoms with Crippen LogP contribution in [0, 0.1) is 0 Å². The standard InChI is InChI=1S/C32H36N8O2/c1-2-29(41)36-25-7-6-14-39(20-25)19-22-12-13-33-28(17-22)32(42)37-24-10-8-23(9-11-24)27-18-26-30(38-27)34-21-35-31(26)40-15-4-3-5-16-40/h2,8-13,17-18,21,25H,1,3-7,14-16,19-20H2,(H,36,41)(H,37,42)(H,34,35,38)/t25-/m1/s1. The van der Waals surface area contributed by atoms with Crippen molar-refractivity contribution in [2.24, 2.45) is 0 Å². The van der Waals surface area contributed by atoms with Gasteiger partial charge < -0.3 is 20.5 Å². The Labute approximate surface area is 245 Å². The molecule has 216 valence electrons. The second-order valence-electron chi connectivity index (χ2n) is 11.1. The highest BCUT2D eigenvalue weighted by Gasteiger charge is 2.21. The number of amides is 2. The summed E-state index contributed by atoms with van der Waals surface area (Å²) in [5, 5.41) is 6.99. The van der Waals surface area contributed by atoms with E-state index in [2.05, 4.69) is 53.0 Å². The fourth-order valence-corrected chi connectivity index (χ4v) is 5.90. The van der Waals surface area contributed by atoms with Crippen molar-refractivity contribution in [1.82, 2.24) is 30.2 Å². The number of hydrogen-bond donors (Lipinski definition) is 3. The number of nitrogens with one attached hydrogen (secondary N) is 3. The van der Waals surface area contributed by atoms with Crippen molar-refractivity contribution in [3.63, 3.8) is 0 Å². The molecule has 10 heteroatoms. The van der Waals surface area contributed by atoms with Crippen molar-refractivity contribution < 1.29 is 9.59 Å². The van der Waals surface area contributed by atoms with Gasteiger partial charge in [-0.05, 0) is 86.2 Å². The molecular formula is C32H36N8O2. The average Bonchev–Trinajstić information content (AvgIpc) is 3.47. The summed E-state index contributed by atoms with van der Waals surface area (Å²) in [7, 11) is 0. The third-order valence-corrected chi connectivity index (χ3v) is 8.01. The van der Waals surface area contributed by atoms with Crippen LogP contribution in [0.3, 0.4) is 0 Å². The molecule has 1 atom stereocenters. The molecule has 0 bridgehead atoms. The first kappa shape index (κ1) is 27.6. The molecule has 2 amide bonds. The van der Waals surface area contributed by atoms with E-state index >= 15 is 0 Å². The minimum atomic E-state index is -0.258. The van der Waals surface area contributed by atoms with Crippen LogP contribution in [-0.4, -0.2) is 68.9 Å². The molecule has 10 nitrogen and oxygen atoms in total. The number of likely N-dealkylation sites (tertiary alicyclic amines) is 1. The minimum Gasteiger partial charge on any atom is -0.356 e. The first-order valence-electron chi connectivity index (χ1n) is 14.7. The molecule has 42 heavy (non-hydrogen) atoms. The van der Waals surface area contributed by atoms with E-state index in [-0.39, 0.29) is 17.9 Å². The van der Waals surface area contributed by atoms with Gasteiger partial charge in [-0.15, -0.1) is 0 Å². The maximum atomic E-state index is 13.1. The maximum Gasteiger partial charge on any atom is 0.274 e. The zero-order chi connectivity index (χ0) is 28.9. The second kappa shape index (κ2) is 12.5. The first-order valence-corrected chi connectivity index (χ1v) is 14.7. The number of fused-ring (bicyclic) bond motifs is 1. The lowest BCUT2D eigenvalue weighted by Crippen LogP contribution is -2.46. The van der Waals surface area contributed by atoms with Crippen LogP contribution in [0.2, 0.25) is 0 Å². The molecule has 0 aliphatic carbocycles. The number of hydrogen-bond acceptors (Lipinski definition) is 7. The van der Waals surface area contributed by atoms with Crippen LogP contribution in [0.5, 0.6) is 0 Å². The van der Waals surface area contributed by atoms with E-state index in [0.29, 0.717) is 17.9 Å². The summed E-state index contributed by atoms with van der Waals surface area (Å²) < 4.78 is 0. The van der Waals surface area contributed by atoms with Gasteiger partial charge in [-0.2, -0.15) is 0 Å². The Hall–Kier alpha value is -4.57. The normalized spacial score (nSPS) is 17.6. The lowest BCUT2D eigenvalue weighted by Gasteiger charge is -2.33. The largest absolute Gasteiger partial charge is 0.356 e. The fourth-order valence-electron chi connectivity index (χ4n) is 5.90. The molecule has 2 aliphatic rings. The van der Waals surface area contributed by atoms with E-state index in [0.717, 1.165) is 72.7 Å². The van der Waals surface area contributed by atoms with E-state index in [1.165, 1.54) is 25.3 Å². The molecule has 5 heterocycles. The third kappa shape index (κ3) is 6.33. The van der Waals surface area contributed by atoms with E-state index in [4.69, 9.17) is 0 Å². The Balaban J connectivity index is 1.10. The number of aromatic nitrogens is 4. The molecule has 0 unspecified atom stereocenters. The monoisotopic (exact) mass is 564 g/mol. The van der Waals surface area contributed by atoms with E-state index in [1.807, 2.05) is 36.4 Å². The van der Waals surface area contributed by atoms with E-state index in [9.17, 15) is 9.59 Å². The number of anilines is 2. The average molecular weight is 565 g/mol. The number of rotatable bonds is 8. The van der Waals surface area contributed by atoms with Crippen LogP contribution in [0.25, 0.3) is 22.3 Å². The molecule has 1 aromatic carbocycles. The summed E-state index contributed by atoms with van der Waals surface area (Å²) in [5.74, 6) is 0.585. The number of benzene rings is 1. The number of piperidine rings is 2. The molecule has 2 fully saturated rings. The Bertz CT molecular complexity index is 1580. The topological polar surface area (TPSA) is 119 Å². The van der Waals surface area contributed by atoms with E-state index in [1.54, 1.807) is 12.5 Å². The molecule has 0 saturated carbocycles. The molecule has 0 spiro atoms. The number of carbonyl (C=O) groups is 2. The van der Waals surface area contributed by atoms with Gasteiger partial charge in [0.25, 0.3) is 5.91 Å². The smallest absolute Gasteiger partial charge is 0.274 e. The SMILES string of the molecule is C=CC(=O)N[C@@H]1CCCN(Cc2ccnc(C(=O)Nc3ccc(-c4cc5c(N6CCCCC6)ncnc5[nH]4)cc3)c2)C1. The molecule has 2 aliphatic heterocycles. The van der Waals surface area contributed by atoms with Gasteiger partial charge in [0.2, 0.25) is 5.91 Å². The van der Waals surface area contributed by atoms with Gasteiger partial charge in [0.05, 0.1) is 5.39 Å². The van der Waals surface area contributed by atoms with Gasteiger partial charge in [0.1, 0.15) is 23.5 Å². The predicted molar refractivity (Wildman–Crippen MR) is 164 cm³/mol. The van der Waals surface area contributed by atoms with Crippen LogP contribution in [-0.2, 0) is 11.3 Å². The van der Waals surface area contributed by atoms with Gasteiger partial charge in [0, 0.05) is 49.8 Å². The number of H-pyrrole nitrogens is 1. The summed E-state index contributed by atoms with van der Waals surface area (Å²) in [4.78, 5) is 46.2. The van der Waals surface area contributed by atoms with Gasteiger partial charge in [0.15, 0.2) is 0 Å². The Morgan fingerprint density at radius 3 is 2.64 bits per heavy atom. The lowest BCUT2D eigenvalue weighted by atomic mass is 10.0. The van der Waals surface area contributed by atoms with Crippen molar-refractivity contribution in [3.05, 3.63) is 78.9 Å². The van der Waals surface area contributed by atoms with Gasteiger partial charge >= 0.3 is 0 Å². The summed E-state index contributed by atoms with van der Waals surface area (Å²) in [6.45, 7) is 7.97. The number of aromatic amines is 1. The number of carbonyl (C=O) groups excluding carboxylic acids is 2. The molecular weight excluding hydrogens is 528 g/mol. The Kier molecular flexibility index (Phi) is 8.23. The molecule has 4 aromatic rings. The summed E-state index contributed by atoms with van der Waals surface area (Å²) in [6.07, 6.45) is 10.2. The van der Waals surface area contributed by atoms with Crippen LogP contribution in [0.1, 0.15) is 48.2 Å². The summed E-state index contributed by atoms with van der Waals surface area (Å²) in [5.41, 5.74) is 4.85. The van der Waals surface area contributed by atoms with E-state index < -0.39 is 0 Å². The zero-order valence-electron chi connectivity index (χ0n) is 23.7. The van der Waals surface area contributed by atoms with Crippen LogP contribution < -0.4 is 15.5 Å². The van der Waals surface area contributed by atoms with Gasteiger partial charge in [-0.25, -0.2) is 9.97 Å². The summed E-state index contributed by atoms with van der Waals surface area (Å²) >= 11 is 0. The molecule has 0 radical (unpaired) electrons. The molecule has 6 rings (SSSR count). The first-order chi connectivity index (χ1) is 20.6. The molecule has 3 aromatic heterocycles. The predicted octanol–water partition coefficient (Wildman–Crippen LogP) is 4.53. The zero-order valence-corrected chi connectivity index (χ0v) is 23.7. The summed E-state index contributed by atoms with van der Waals surface area (Å²) in [6, 6.07) is 13.7. The van der Waals surface area contributed by atoms with Crippen molar-refractivity contribution in [2.75, 3.05) is 36.4 Å². The van der Waals surface area contributed by atoms with Crippen LogP contribution in [0.4, 0.5) is 11.5 Å². The van der Waals surface area contributed by atoms with Crippen molar-refractivity contribution in [3.8, 4) is 11.3 Å². The van der Waals surface area contributed by atoms with Crippen molar-refractivity contribution in [1.29, 1.82) is 0 Å². The van der Waals surface area contributed by atoms with Gasteiger partial charge in [-0.3, -0.25) is 19.5 Å². The van der Waals surface area contributed by atoms with Crippen LogP contribution >= 0.6 is 0 Å². The Morgan fingerprint density at radius 1 is 1.00 bits per heavy atom. The third-order valence-electron chi connectivity index (χ3n) is 8.01. The second-order valence-corrected chi connectivity index (χ2v) is 11.1. The van der Waals surface area contributed by atoms with Crippen LogP contribution in [0.15, 0.2) is 67.6 Å².